The Labute approximate surface area is 157 Å². The molecule has 0 radical (unpaired) electrons. The third-order valence-corrected chi connectivity index (χ3v) is 3.86. The first-order chi connectivity index (χ1) is 13.1. The number of methoxy groups -OCH3 is 1. The van der Waals surface area contributed by atoms with E-state index in [1.54, 1.807) is 13.2 Å². The standard InChI is InChI=1S/C20H20N4O3/c1-14(25)22-19-12-18(23-24(19)16-6-4-3-5-7-16)20(26)21-13-15-8-10-17(27-2)11-9-15/h3-12H,13H2,1-2H3,(H,21,26)(H,22,25). The molecule has 0 saturated heterocycles. The molecule has 27 heavy (non-hydrogen) atoms. The van der Waals surface area contributed by atoms with E-state index in [1.165, 1.54) is 11.6 Å². The zero-order chi connectivity index (χ0) is 19.2. The van der Waals surface area contributed by atoms with Crippen LogP contribution in [0.3, 0.4) is 0 Å². The van der Waals surface area contributed by atoms with Gasteiger partial charge >= 0.3 is 0 Å². The van der Waals surface area contributed by atoms with E-state index in [0.717, 1.165) is 17.0 Å². The molecule has 138 valence electrons. The second kappa shape index (κ2) is 8.18. The zero-order valence-electron chi connectivity index (χ0n) is 15.1. The Bertz CT molecular complexity index is 934. The van der Waals surface area contributed by atoms with Gasteiger partial charge in [-0.3, -0.25) is 9.59 Å². The fraction of sp³-hybridized carbons (Fsp3) is 0.150. The van der Waals surface area contributed by atoms with Crippen molar-refractivity contribution in [1.82, 2.24) is 15.1 Å². The minimum absolute atomic E-state index is 0.219. The van der Waals surface area contributed by atoms with E-state index in [0.29, 0.717) is 12.4 Å². The van der Waals surface area contributed by atoms with E-state index >= 15 is 0 Å². The van der Waals surface area contributed by atoms with Crippen LogP contribution in [0, 0.1) is 0 Å². The van der Waals surface area contributed by atoms with Crippen LogP contribution in [0.15, 0.2) is 60.7 Å². The molecule has 0 unspecified atom stereocenters. The predicted octanol–water partition coefficient (Wildman–Crippen LogP) is 2.77. The van der Waals surface area contributed by atoms with Gasteiger partial charge in [0.2, 0.25) is 5.91 Å². The number of carbonyl (C=O) groups is 2. The molecule has 0 fully saturated rings. The normalized spacial score (nSPS) is 10.3. The SMILES string of the molecule is COc1ccc(CNC(=O)c2cc(NC(C)=O)n(-c3ccccc3)n2)cc1. The maximum atomic E-state index is 12.5. The third kappa shape index (κ3) is 4.52. The number of anilines is 1. The zero-order valence-corrected chi connectivity index (χ0v) is 15.1. The van der Waals surface area contributed by atoms with Gasteiger partial charge in [-0.15, -0.1) is 0 Å². The number of nitrogens with zero attached hydrogens (tertiary/aromatic N) is 2. The molecule has 7 heteroatoms. The van der Waals surface area contributed by atoms with Gasteiger partial charge in [0.05, 0.1) is 12.8 Å². The van der Waals surface area contributed by atoms with Crippen molar-refractivity contribution in [3.05, 3.63) is 71.9 Å². The molecule has 0 saturated carbocycles. The Morgan fingerprint density at radius 1 is 1.07 bits per heavy atom. The fourth-order valence-corrected chi connectivity index (χ4v) is 2.54. The number of amides is 2. The molecule has 0 atom stereocenters. The summed E-state index contributed by atoms with van der Waals surface area (Å²) in [5.41, 5.74) is 1.90. The summed E-state index contributed by atoms with van der Waals surface area (Å²) in [6, 6.07) is 18.3. The van der Waals surface area contributed by atoms with Crippen molar-refractivity contribution in [1.29, 1.82) is 0 Å². The first kappa shape index (κ1) is 18.2. The topological polar surface area (TPSA) is 85.3 Å². The number of para-hydroxylation sites is 1. The molecular formula is C20H20N4O3. The first-order valence-electron chi connectivity index (χ1n) is 8.41. The highest BCUT2D eigenvalue weighted by Crippen LogP contribution is 2.17. The Balaban J connectivity index is 1.77. The average Bonchev–Trinajstić information content (AvgIpc) is 3.10. The molecule has 1 aromatic heterocycles. The summed E-state index contributed by atoms with van der Waals surface area (Å²) in [6.45, 7) is 1.77. The molecule has 3 rings (SSSR count). The predicted molar refractivity (Wildman–Crippen MR) is 102 cm³/mol. The summed E-state index contributed by atoms with van der Waals surface area (Å²) in [5, 5.41) is 9.87. The number of hydrogen-bond acceptors (Lipinski definition) is 4. The number of benzene rings is 2. The van der Waals surface area contributed by atoms with Crippen LogP contribution < -0.4 is 15.4 Å². The van der Waals surface area contributed by atoms with Crippen molar-refractivity contribution in [3.8, 4) is 11.4 Å². The van der Waals surface area contributed by atoms with E-state index in [1.807, 2.05) is 54.6 Å². The van der Waals surface area contributed by atoms with Gasteiger partial charge in [0.1, 0.15) is 11.6 Å². The minimum Gasteiger partial charge on any atom is -0.497 e. The number of rotatable bonds is 6. The fourth-order valence-electron chi connectivity index (χ4n) is 2.54. The third-order valence-electron chi connectivity index (χ3n) is 3.86. The van der Waals surface area contributed by atoms with Gasteiger partial charge in [0.15, 0.2) is 5.69 Å². The van der Waals surface area contributed by atoms with Crippen LogP contribution in [0.2, 0.25) is 0 Å². The Kier molecular flexibility index (Phi) is 5.51. The van der Waals surface area contributed by atoms with Crippen molar-refractivity contribution >= 4 is 17.6 Å². The summed E-state index contributed by atoms with van der Waals surface area (Å²) in [5.74, 6) is 0.624. The molecule has 2 aromatic carbocycles. The lowest BCUT2D eigenvalue weighted by Crippen LogP contribution is -2.23. The van der Waals surface area contributed by atoms with Gasteiger partial charge in [-0.05, 0) is 29.8 Å². The van der Waals surface area contributed by atoms with Gasteiger partial charge in [0.25, 0.3) is 5.91 Å². The smallest absolute Gasteiger partial charge is 0.272 e. The van der Waals surface area contributed by atoms with Crippen LogP contribution in [0.1, 0.15) is 23.0 Å². The molecule has 0 aliphatic carbocycles. The van der Waals surface area contributed by atoms with Gasteiger partial charge in [-0.25, -0.2) is 4.68 Å². The molecule has 0 spiro atoms. The van der Waals surface area contributed by atoms with Gasteiger partial charge in [-0.1, -0.05) is 30.3 Å². The lowest BCUT2D eigenvalue weighted by Gasteiger charge is -2.06. The van der Waals surface area contributed by atoms with Gasteiger partial charge in [0, 0.05) is 19.5 Å². The molecule has 0 aliphatic rings. The second-order valence-electron chi connectivity index (χ2n) is 5.87. The van der Waals surface area contributed by atoms with E-state index < -0.39 is 0 Å². The van der Waals surface area contributed by atoms with E-state index in [-0.39, 0.29) is 17.5 Å². The van der Waals surface area contributed by atoms with Crippen molar-refractivity contribution in [3.63, 3.8) is 0 Å². The van der Waals surface area contributed by atoms with Crippen LogP contribution in [0.25, 0.3) is 5.69 Å². The lowest BCUT2D eigenvalue weighted by atomic mass is 10.2. The monoisotopic (exact) mass is 364 g/mol. The molecule has 3 aromatic rings. The van der Waals surface area contributed by atoms with Gasteiger partial charge < -0.3 is 15.4 Å². The van der Waals surface area contributed by atoms with Crippen LogP contribution in [-0.2, 0) is 11.3 Å². The summed E-state index contributed by atoms with van der Waals surface area (Å²) in [7, 11) is 1.60. The number of nitrogens with one attached hydrogen (secondary N) is 2. The van der Waals surface area contributed by atoms with Gasteiger partial charge in [-0.2, -0.15) is 5.10 Å². The second-order valence-corrected chi connectivity index (χ2v) is 5.87. The van der Waals surface area contributed by atoms with Crippen LogP contribution >= 0.6 is 0 Å². The minimum atomic E-state index is -0.327. The molecule has 2 amide bonds. The largest absolute Gasteiger partial charge is 0.497 e. The Hall–Kier alpha value is -3.61. The Morgan fingerprint density at radius 3 is 2.41 bits per heavy atom. The maximum absolute atomic E-state index is 12.5. The van der Waals surface area contributed by atoms with Crippen LogP contribution in [-0.4, -0.2) is 28.7 Å². The first-order valence-corrected chi connectivity index (χ1v) is 8.41. The molecular weight excluding hydrogens is 344 g/mol. The molecule has 0 bridgehead atoms. The summed E-state index contributed by atoms with van der Waals surface area (Å²) >= 11 is 0. The highest BCUT2D eigenvalue weighted by molar-refractivity contribution is 5.95. The number of carbonyl (C=O) groups excluding carboxylic acids is 2. The van der Waals surface area contributed by atoms with Crippen molar-refractivity contribution in [2.24, 2.45) is 0 Å². The number of hydrogen-bond donors (Lipinski definition) is 2. The van der Waals surface area contributed by atoms with Crippen molar-refractivity contribution in [2.45, 2.75) is 13.5 Å². The summed E-state index contributed by atoms with van der Waals surface area (Å²) in [4.78, 5) is 24.0. The van der Waals surface area contributed by atoms with E-state index in [4.69, 9.17) is 4.74 Å². The molecule has 7 nitrogen and oxygen atoms in total. The maximum Gasteiger partial charge on any atom is 0.272 e. The molecule has 0 aliphatic heterocycles. The highest BCUT2D eigenvalue weighted by atomic mass is 16.5. The summed E-state index contributed by atoms with van der Waals surface area (Å²) in [6.07, 6.45) is 0. The molecule has 2 N–H and O–H groups in total. The van der Waals surface area contributed by atoms with Crippen LogP contribution in [0.4, 0.5) is 5.82 Å². The number of aromatic nitrogens is 2. The molecule has 1 heterocycles. The van der Waals surface area contributed by atoms with E-state index in [9.17, 15) is 9.59 Å². The summed E-state index contributed by atoms with van der Waals surface area (Å²) < 4.78 is 6.65. The average molecular weight is 364 g/mol. The Morgan fingerprint density at radius 2 is 1.78 bits per heavy atom. The van der Waals surface area contributed by atoms with E-state index in [2.05, 4.69) is 15.7 Å². The van der Waals surface area contributed by atoms with Crippen molar-refractivity contribution < 1.29 is 14.3 Å². The highest BCUT2D eigenvalue weighted by Gasteiger charge is 2.16. The number of ether oxygens (including phenoxy) is 1. The van der Waals surface area contributed by atoms with Crippen LogP contribution in [0.5, 0.6) is 5.75 Å². The lowest BCUT2D eigenvalue weighted by molar-refractivity contribution is -0.114. The van der Waals surface area contributed by atoms with Crippen molar-refractivity contribution in [2.75, 3.05) is 12.4 Å². The quantitative estimate of drug-likeness (QED) is 0.704.